The van der Waals surface area contributed by atoms with Gasteiger partial charge in [0, 0.05) is 31.9 Å². The van der Waals surface area contributed by atoms with Crippen molar-refractivity contribution in [2.75, 3.05) is 26.2 Å². The SMILES string of the molecule is Cc1cc(C)n(CC(=O)N2CCN(C=O)CC2)n1. The first kappa shape index (κ1) is 12.6. The van der Waals surface area contributed by atoms with Crippen LogP contribution in [0.15, 0.2) is 6.07 Å². The van der Waals surface area contributed by atoms with Gasteiger partial charge >= 0.3 is 0 Å². The minimum Gasteiger partial charge on any atom is -0.342 e. The van der Waals surface area contributed by atoms with Crippen molar-refractivity contribution in [2.24, 2.45) is 0 Å². The molecule has 0 spiro atoms. The van der Waals surface area contributed by atoms with Crippen molar-refractivity contribution in [3.8, 4) is 0 Å². The van der Waals surface area contributed by atoms with E-state index in [-0.39, 0.29) is 12.5 Å². The normalized spacial score (nSPS) is 15.9. The first-order valence-corrected chi connectivity index (χ1v) is 6.08. The molecule has 98 valence electrons. The molecule has 1 aromatic rings. The number of hydrogen-bond acceptors (Lipinski definition) is 3. The van der Waals surface area contributed by atoms with Gasteiger partial charge in [-0.1, -0.05) is 0 Å². The summed E-state index contributed by atoms with van der Waals surface area (Å²) in [5, 5.41) is 4.28. The Morgan fingerprint density at radius 2 is 2.00 bits per heavy atom. The topological polar surface area (TPSA) is 58.4 Å². The molecule has 0 aliphatic carbocycles. The summed E-state index contributed by atoms with van der Waals surface area (Å²) in [5.74, 6) is 0.0618. The van der Waals surface area contributed by atoms with E-state index in [1.165, 1.54) is 0 Å². The summed E-state index contributed by atoms with van der Waals surface area (Å²) in [6.07, 6.45) is 0.836. The molecule has 0 bridgehead atoms. The third kappa shape index (κ3) is 2.69. The quantitative estimate of drug-likeness (QED) is 0.698. The van der Waals surface area contributed by atoms with Gasteiger partial charge in [-0.05, 0) is 19.9 Å². The van der Waals surface area contributed by atoms with Gasteiger partial charge < -0.3 is 9.80 Å². The smallest absolute Gasteiger partial charge is 0.244 e. The number of nitrogens with zero attached hydrogens (tertiary/aromatic N) is 4. The maximum absolute atomic E-state index is 12.1. The lowest BCUT2D eigenvalue weighted by molar-refractivity contribution is -0.135. The van der Waals surface area contributed by atoms with Gasteiger partial charge in [-0.3, -0.25) is 14.3 Å². The highest BCUT2D eigenvalue weighted by Crippen LogP contribution is 2.05. The summed E-state index contributed by atoms with van der Waals surface area (Å²) in [6.45, 7) is 6.58. The number of carbonyl (C=O) groups excluding carboxylic acids is 2. The van der Waals surface area contributed by atoms with Crippen LogP contribution < -0.4 is 0 Å². The van der Waals surface area contributed by atoms with E-state index in [0.29, 0.717) is 26.2 Å². The van der Waals surface area contributed by atoms with E-state index in [9.17, 15) is 9.59 Å². The van der Waals surface area contributed by atoms with Crippen LogP contribution in [0.1, 0.15) is 11.4 Å². The van der Waals surface area contributed by atoms with Gasteiger partial charge in [0.1, 0.15) is 6.54 Å². The Labute approximate surface area is 106 Å². The van der Waals surface area contributed by atoms with Crippen molar-refractivity contribution in [1.82, 2.24) is 19.6 Å². The summed E-state index contributed by atoms with van der Waals surface area (Å²) in [5.41, 5.74) is 1.92. The first-order chi connectivity index (χ1) is 8.60. The van der Waals surface area contributed by atoms with Crippen molar-refractivity contribution in [2.45, 2.75) is 20.4 Å². The van der Waals surface area contributed by atoms with Crippen molar-refractivity contribution in [3.63, 3.8) is 0 Å². The van der Waals surface area contributed by atoms with Crippen LogP contribution in [0.25, 0.3) is 0 Å². The Bertz CT molecular complexity index is 447. The zero-order valence-corrected chi connectivity index (χ0v) is 10.8. The van der Waals surface area contributed by atoms with E-state index in [4.69, 9.17) is 0 Å². The fourth-order valence-corrected chi connectivity index (χ4v) is 2.14. The van der Waals surface area contributed by atoms with Gasteiger partial charge in [0.2, 0.25) is 12.3 Å². The fourth-order valence-electron chi connectivity index (χ4n) is 2.14. The largest absolute Gasteiger partial charge is 0.342 e. The Kier molecular flexibility index (Phi) is 3.64. The molecule has 2 amide bonds. The van der Waals surface area contributed by atoms with E-state index >= 15 is 0 Å². The third-order valence-electron chi connectivity index (χ3n) is 3.20. The Morgan fingerprint density at radius 3 is 2.50 bits per heavy atom. The molecule has 2 heterocycles. The Hall–Kier alpha value is -1.85. The summed E-state index contributed by atoms with van der Waals surface area (Å²) in [6, 6.07) is 1.96. The number of hydrogen-bond donors (Lipinski definition) is 0. The summed E-state index contributed by atoms with van der Waals surface area (Å²) in [4.78, 5) is 26.1. The molecule has 1 aromatic heterocycles. The van der Waals surface area contributed by atoms with Crippen LogP contribution in [0, 0.1) is 13.8 Å². The first-order valence-electron chi connectivity index (χ1n) is 6.08. The van der Waals surface area contributed by atoms with Gasteiger partial charge in [-0.25, -0.2) is 0 Å². The van der Waals surface area contributed by atoms with Crippen LogP contribution in [0.4, 0.5) is 0 Å². The highest BCUT2D eigenvalue weighted by atomic mass is 16.2. The van der Waals surface area contributed by atoms with Crippen LogP contribution in [-0.4, -0.2) is 58.1 Å². The molecule has 2 rings (SSSR count). The van der Waals surface area contributed by atoms with Gasteiger partial charge in [0.05, 0.1) is 5.69 Å². The van der Waals surface area contributed by atoms with Crippen LogP contribution in [-0.2, 0) is 16.1 Å². The summed E-state index contributed by atoms with van der Waals surface area (Å²) >= 11 is 0. The van der Waals surface area contributed by atoms with E-state index < -0.39 is 0 Å². The van der Waals surface area contributed by atoms with E-state index in [2.05, 4.69) is 5.10 Å². The second-order valence-corrected chi connectivity index (χ2v) is 4.61. The molecule has 0 radical (unpaired) electrons. The lowest BCUT2D eigenvalue weighted by atomic mass is 10.3. The minimum atomic E-state index is 0.0618. The maximum atomic E-state index is 12.1. The van der Waals surface area contributed by atoms with E-state index in [1.807, 2.05) is 19.9 Å². The van der Waals surface area contributed by atoms with Crippen molar-refractivity contribution < 1.29 is 9.59 Å². The van der Waals surface area contributed by atoms with Crippen LogP contribution in [0.2, 0.25) is 0 Å². The molecule has 18 heavy (non-hydrogen) atoms. The summed E-state index contributed by atoms with van der Waals surface area (Å²) in [7, 11) is 0. The molecule has 0 N–H and O–H groups in total. The van der Waals surface area contributed by atoms with E-state index in [1.54, 1.807) is 14.5 Å². The molecule has 6 nitrogen and oxygen atoms in total. The van der Waals surface area contributed by atoms with Crippen LogP contribution in [0.3, 0.4) is 0 Å². The number of piperazine rings is 1. The highest BCUT2D eigenvalue weighted by molar-refractivity contribution is 5.76. The van der Waals surface area contributed by atoms with Gasteiger partial charge in [-0.2, -0.15) is 5.10 Å². The van der Waals surface area contributed by atoms with Gasteiger partial charge in [0.15, 0.2) is 0 Å². The average Bonchev–Trinajstić information content (AvgIpc) is 2.68. The molecule has 1 fully saturated rings. The number of aromatic nitrogens is 2. The van der Waals surface area contributed by atoms with Gasteiger partial charge in [0.25, 0.3) is 0 Å². The second kappa shape index (κ2) is 5.20. The molecule has 1 saturated heterocycles. The molecular weight excluding hydrogens is 232 g/mol. The number of carbonyl (C=O) groups is 2. The molecular formula is C12H18N4O2. The maximum Gasteiger partial charge on any atom is 0.244 e. The molecule has 0 aromatic carbocycles. The second-order valence-electron chi connectivity index (χ2n) is 4.61. The van der Waals surface area contributed by atoms with E-state index in [0.717, 1.165) is 17.8 Å². The molecule has 6 heteroatoms. The van der Waals surface area contributed by atoms with Crippen LogP contribution in [0.5, 0.6) is 0 Å². The fraction of sp³-hybridized carbons (Fsp3) is 0.583. The Balaban J connectivity index is 1.93. The lowest BCUT2D eigenvalue weighted by Crippen LogP contribution is -2.49. The molecule has 0 unspecified atom stereocenters. The van der Waals surface area contributed by atoms with Gasteiger partial charge in [-0.15, -0.1) is 0 Å². The molecule has 1 aliphatic heterocycles. The average molecular weight is 250 g/mol. The summed E-state index contributed by atoms with van der Waals surface area (Å²) < 4.78 is 1.73. The van der Waals surface area contributed by atoms with Crippen molar-refractivity contribution in [3.05, 3.63) is 17.5 Å². The molecule has 1 aliphatic rings. The number of aryl methyl sites for hydroxylation is 2. The number of rotatable bonds is 3. The third-order valence-corrected chi connectivity index (χ3v) is 3.20. The molecule has 0 saturated carbocycles. The minimum absolute atomic E-state index is 0.0618. The van der Waals surface area contributed by atoms with Crippen LogP contribution >= 0.6 is 0 Å². The standard InChI is InChI=1S/C12H18N4O2/c1-10-7-11(2)16(13-10)8-12(18)15-5-3-14(9-17)4-6-15/h7,9H,3-6,8H2,1-2H3. The Morgan fingerprint density at radius 1 is 1.33 bits per heavy atom. The van der Waals surface area contributed by atoms with Crippen molar-refractivity contribution >= 4 is 12.3 Å². The number of amides is 2. The monoisotopic (exact) mass is 250 g/mol. The zero-order valence-electron chi connectivity index (χ0n) is 10.8. The molecule has 0 atom stereocenters. The zero-order chi connectivity index (χ0) is 13.1. The highest BCUT2D eigenvalue weighted by Gasteiger charge is 2.20. The predicted octanol–water partition coefficient (Wildman–Crippen LogP) is -0.199. The lowest BCUT2D eigenvalue weighted by Gasteiger charge is -2.32. The predicted molar refractivity (Wildman–Crippen MR) is 65.9 cm³/mol. The van der Waals surface area contributed by atoms with Crippen molar-refractivity contribution in [1.29, 1.82) is 0 Å².